The van der Waals surface area contributed by atoms with Gasteiger partial charge in [-0.2, -0.15) is 11.8 Å². The van der Waals surface area contributed by atoms with Crippen molar-refractivity contribution in [1.82, 2.24) is 4.57 Å². The zero-order valence-corrected chi connectivity index (χ0v) is 15.8. The first-order valence-corrected chi connectivity index (χ1v) is 10.7. The number of benzene rings is 1. The third kappa shape index (κ3) is 4.05. The van der Waals surface area contributed by atoms with Crippen LogP contribution in [0.5, 0.6) is 0 Å². The molecule has 2 bridgehead atoms. The van der Waals surface area contributed by atoms with Gasteiger partial charge in [0.1, 0.15) is 12.6 Å². The van der Waals surface area contributed by atoms with Crippen molar-refractivity contribution < 1.29 is 10.0 Å². The van der Waals surface area contributed by atoms with Crippen molar-refractivity contribution in [2.45, 2.75) is 30.7 Å². The van der Waals surface area contributed by atoms with Crippen LogP contribution in [0.3, 0.4) is 0 Å². The topological polar surface area (TPSA) is 46.7 Å². The summed E-state index contributed by atoms with van der Waals surface area (Å²) in [5.74, 6) is 2.74. The van der Waals surface area contributed by atoms with Crippen molar-refractivity contribution >= 4 is 11.8 Å². The van der Waals surface area contributed by atoms with Gasteiger partial charge in [0.15, 0.2) is 0 Å². The molecule has 0 aliphatic carbocycles. The molecule has 2 N–H and O–H groups in total. The van der Waals surface area contributed by atoms with Crippen LogP contribution in [0.2, 0.25) is 0 Å². The van der Waals surface area contributed by atoms with E-state index < -0.39 is 0 Å². The lowest BCUT2D eigenvalue weighted by molar-refractivity contribution is -0.913. The summed E-state index contributed by atoms with van der Waals surface area (Å²) >= 11 is 1.81. The number of nitrogens with one attached hydrogen (secondary N) is 1. The Bertz CT molecular complexity index is 792. The highest BCUT2D eigenvalue weighted by molar-refractivity contribution is 7.98. The molecule has 1 fully saturated rings. The second kappa shape index (κ2) is 7.99. The molecule has 1 aromatic heterocycles. The van der Waals surface area contributed by atoms with Gasteiger partial charge in [-0.05, 0) is 18.1 Å². The Hall–Kier alpha value is -1.56. The minimum absolute atomic E-state index is 0.137. The molecular weight excluding hydrogens is 344 g/mol. The average Bonchev–Trinajstić information content (AvgIpc) is 2.63. The number of quaternary nitrogens is 1. The van der Waals surface area contributed by atoms with E-state index in [-0.39, 0.29) is 11.7 Å². The maximum absolute atomic E-state index is 12.1. The van der Waals surface area contributed by atoms with Gasteiger partial charge in [-0.15, -0.1) is 0 Å². The van der Waals surface area contributed by atoms with Gasteiger partial charge in [0.25, 0.3) is 5.56 Å². The fourth-order valence-electron chi connectivity index (χ4n) is 4.57. The zero-order chi connectivity index (χ0) is 17.9. The lowest BCUT2D eigenvalue weighted by Crippen LogP contribution is -3.15. The number of hydrogen-bond acceptors (Lipinski definition) is 3. The van der Waals surface area contributed by atoms with Crippen LogP contribution in [-0.2, 0) is 12.3 Å². The number of fused-ring (bicyclic) bond motifs is 4. The minimum atomic E-state index is -0.268. The van der Waals surface area contributed by atoms with Crippen molar-refractivity contribution in [3.63, 3.8) is 0 Å². The first-order chi connectivity index (χ1) is 12.7. The van der Waals surface area contributed by atoms with Crippen LogP contribution in [-0.4, -0.2) is 41.2 Å². The zero-order valence-electron chi connectivity index (χ0n) is 15.0. The molecule has 5 heteroatoms. The fraction of sp³-hybridized carbons (Fsp3) is 0.476. The normalized spacial score (nSPS) is 25.5. The van der Waals surface area contributed by atoms with E-state index in [1.54, 1.807) is 17.8 Å². The monoisotopic (exact) mass is 371 g/mol. The molecule has 138 valence electrons. The third-order valence-electron chi connectivity index (χ3n) is 5.62. The minimum Gasteiger partial charge on any atom is -0.386 e. The van der Waals surface area contributed by atoms with E-state index >= 15 is 0 Å². The van der Waals surface area contributed by atoms with Crippen molar-refractivity contribution in [3.05, 3.63) is 70.1 Å². The Kier molecular flexibility index (Phi) is 5.48. The van der Waals surface area contributed by atoms with Gasteiger partial charge < -0.3 is 14.6 Å². The van der Waals surface area contributed by atoms with Gasteiger partial charge >= 0.3 is 0 Å². The number of thioether (sulfide) groups is 1. The van der Waals surface area contributed by atoms with Gasteiger partial charge in [0.05, 0.1) is 13.1 Å². The van der Waals surface area contributed by atoms with Gasteiger partial charge in [0, 0.05) is 41.6 Å². The summed E-state index contributed by atoms with van der Waals surface area (Å²) in [7, 11) is 0. The number of likely N-dealkylation sites (tertiary alicyclic amines) is 1. The molecule has 26 heavy (non-hydrogen) atoms. The van der Waals surface area contributed by atoms with E-state index in [2.05, 4.69) is 30.3 Å². The van der Waals surface area contributed by atoms with Crippen LogP contribution in [0, 0.1) is 5.92 Å². The van der Waals surface area contributed by atoms with Crippen molar-refractivity contribution in [2.75, 3.05) is 25.4 Å². The predicted molar refractivity (Wildman–Crippen MR) is 106 cm³/mol. The SMILES string of the molecule is O=c1cccc2n1C[C@@H]1C[C@H]2C[NH+](C[C@@H](O)CSCc2ccccc2)C1. The van der Waals surface area contributed by atoms with E-state index in [1.165, 1.54) is 22.6 Å². The Balaban J connectivity index is 1.30. The first-order valence-electron chi connectivity index (χ1n) is 9.52. The summed E-state index contributed by atoms with van der Waals surface area (Å²) in [6.45, 7) is 3.75. The molecule has 4 atom stereocenters. The summed E-state index contributed by atoms with van der Waals surface area (Å²) in [6.07, 6.45) is 0.918. The predicted octanol–water partition coefficient (Wildman–Crippen LogP) is 1.14. The van der Waals surface area contributed by atoms with Crippen molar-refractivity contribution in [2.24, 2.45) is 5.92 Å². The molecule has 1 aromatic carbocycles. The second-order valence-corrected chi connectivity index (χ2v) is 8.75. The quantitative estimate of drug-likeness (QED) is 0.801. The van der Waals surface area contributed by atoms with Crippen molar-refractivity contribution in [1.29, 1.82) is 0 Å². The first kappa shape index (κ1) is 17.8. The molecule has 4 rings (SSSR count). The summed E-state index contributed by atoms with van der Waals surface area (Å²) in [5.41, 5.74) is 2.64. The number of rotatable bonds is 6. The molecule has 3 heterocycles. The maximum Gasteiger partial charge on any atom is 0.250 e. The highest BCUT2D eigenvalue weighted by Crippen LogP contribution is 2.30. The molecule has 1 unspecified atom stereocenters. The van der Waals surface area contributed by atoms with Crippen LogP contribution in [0.25, 0.3) is 0 Å². The highest BCUT2D eigenvalue weighted by Gasteiger charge is 2.37. The fourth-order valence-corrected chi connectivity index (χ4v) is 5.50. The average molecular weight is 372 g/mol. The Labute approximate surface area is 158 Å². The molecule has 0 radical (unpaired) electrons. The molecule has 0 saturated carbocycles. The van der Waals surface area contributed by atoms with E-state index in [4.69, 9.17) is 0 Å². The molecule has 4 nitrogen and oxygen atoms in total. The van der Waals surface area contributed by atoms with Crippen LogP contribution in [0.4, 0.5) is 0 Å². The molecule has 2 aliphatic heterocycles. The molecule has 1 saturated heterocycles. The summed E-state index contributed by atoms with van der Waals surface area (Å²) in [6, 6.07) is 16.1. The molecule has 0 spiro atoms. The summed E-state index contributed by atoms with van der Waals surface area (Å²) < 4.78 is 1.97. The smallest absolute Gasteiger partial charge is 0.250 e. The van der Waals surface area contributed by atoms with E-state index in [0.29, 0.717) is 11.8 Å². The van der Waals surface area contributed by atoms with E-state index in [1.807, 2.05) is 16.7 Å². The highest BCUT2D eigenvalue weighted by atomic mass is 32.2. The molecule has 2 aromatic rings. The number of nitrogens with zero attached hydrogens (tertiary/aromatic N) is 1. The summed E-state index contributed by atoms with van der Waals surface area (Å²) in [5, 5.41) is 10.5. The largest absolute Gasteiger partial charge is 0.386 e. The third-order valence-corrected chi connectivity index (χ3v) is 6.78. The Morgan fingerprint density at radius 2 is 2.00 bits per heavy atom. The number of hydrogen-bond donors (Lipinski definition) is 2. The standard InChI is InChI=1S/C21H26N2O2S/c24-19(15-26-14-16-5-2-1-3-6-16)13-22-10-17-9-18(12-22)20-7-4-8-21(25)23(20)11-17/h1-8,17-19,24H,9-15H2/p+1/t17-,18+,19-/m1/s1. The maximum atomic E-state index is 12.1. The molecule has 2 aliphatic rings. The van der Waals surface area contributed by atoms with E-state index in [9.17, 15) is 9.90 Å². The van der Waals surface area contributed by atoms with Gasteiger partial charge in [-0.1, -0.05) is 36.4 Å². The van der Waals surface area contributed by atoms with Crippen LogP contribution >= 0.6 is 11.8 Å². The number of aliphatic hydroxyl groups is 1. The van der Waals surface area contributed by atoms with Crippen molar-refractivity contribution in [3.8, 4) is 0 Å². The lowest BCUT2D eigenvalue weighted by atomic mass is 9.83. The number of piperidine rings is 1. The van der Waals surface area contributed by atoms with Crippen LogP contribution in [0.1, 0.15) is 23.6 Å². The van der Waals surface area contributed by atoms with Gasteiger partial charge in [-0.25, -0.2) is 0 Å². The second-order valence-electron chi connectivity index (χ2n) is 7.72. The Morgan fingerprint density at radius 3 is 2.85 bits per heavy atom. The Morgan fingerprint density at radius 1 is 1.15 bits per heavy atom. The number of aliphatic hydroxyl groups excluding tert-OH is 1. The lowest BCUT2D eigenvalue weighted by Gasteiger charge is -2.40. The van der Waals surface area contributed by atoms with E-state index in [0.717, 1.165) is 37.7 Å². The molecule has 0 amide bonds. The van der Waals surface area contributed by atoms with Crippen LogP contribution < -0.4 is 10.5 Å². The van der Waals surface area contributed by atoms with Gasteiger partial charge in [-0.3, -0.25) is 4.79 Å². The van der Waals surface area contributed by atoms with Gasteiger partial charge in [0.2, 0.25) is 0 Å². The number of aromatic nitrogens is 1. The van der Waals surface area contributed by atoms with Crippen LogP contribution in [0.15, 0.2) is 53.3 Å². The summed E-state index contributed by atoms with van der Waals surface area (Å²) in [4.78, 5) is 13.6. The molecular formula is C21H27N2O2S+. The number of pyridine rings is 1.